The van der Waals surface area contributed by atoms with Crippen molar-refractivity contribution in [3.05, 3.63) is 86.1 Å². The lowest BCUT2D eigenvalue weighted by Crippen LogP contribution is -2.36. The molecular formula is C23H24N4O3. The predicted molar refractivity (Wildman–Crippen MR) is 116 cm³/mol. The summed E-state index contributed by atoms with van der Waals surface area (Å²) >= 11 is 0. The van der Waals surface area contributed by atoms with Crippen LogP contribution in [0.4, 0.5) is 0 Å². The number of amides is 1. The zero-order valence-electron chi connectivity index (χ0n) is 16.7. The molecule has 0 atom stereocenters. The molecule has 1 aromatic carbocycles. The summed E-state index contributed by atoms with van der Waals surface area (Å²) in [7, 11) is 0. The van der Waals surface area contributed by atoms with Gasteiger partial charge < -0.3 is 10.3 Å². The first-order chi connectivity index (χ1) is 14.6. The van der Waals surface area contributed by atoms with E-state index in [9.17, 15) is 14.4 Å². The molecule has 7 nitrogen and oxygen atoms in total. The highest BCUT2D eigenvalue weighted by atomic mass is 16.2. The van der Waals surface area contributed by atoms with Crippen LogP contribution in [-0.4, -0.2) is 27.0 Å². The third-order valence-electron chi connectivity index (χ3n) is 5.40. The van der Waals surface area contributed by atoms with Gasteiger partial charge in [0.1, 0.15) is 0 Å². The molecule has 154 valence electrons. The molecular weight excluding hydrogens is 380 g/mol. The second-order valence-corrected chi connectivity index (χ2v) is 7.53. The average Bonchev–Trinajstić information content (AvgIpc) is 2.78. The van der Waals surface area contributed by atoms with Crippen LogP contribution >= 0.6 is 0 Å². The van der Waals surface area contributed by atoms with Gasteiger partial charge in [-0.1, -0.05) is 23.8 Å². The van der Waals surface area contributed by atoms with Crippen LogP contribution in [0.15, 0.2) is 63.8 Å². The second-order valence-electron chi connectivity index (χ2n) is 7.53. The van der Waals surface area contributed by atoms with Gasteiger partial charge in [0.2, 0.25) is 0 Å². The van der Waals surface area contributed by atoms with Crippen molar-refractivity contribution < 1.29 is 4.79 Å². The Bertz CT molecular complexity index is 1210. The van der Waals surface area contributed by atoms with Gasteiger partial charge in [0.25, 0.3) is 5.91 Å². The summed E-state index contributed by atoms with van der Waals surface area (Å²) in [6, 6.07) is 10.5. The van der Waals surface area contributed by atoms with Crippen molar-refractivity contribution in [3.8, 4) is 0 Å². The molecule has 30 heavy (non-hydrogen) atoms. The molecule has 0 saturated carbocycles. The number of benzene rings is 1. The molecule has 2 aromatic heterocycles. The fourth-order valence-corrected chi connectivity index (χ4v) is 3.77. The third kappa shape index (κ3) is 4.40. The van der Waals surface area contributed by atoms with Crippen molar-refractivity contribution in [3.63, 3.8) is 0 Å². The van der Waals surface area contributed by atoms with Gasteiger partial charge in [-0.15, -0.1) is 0 Å². The lowest BCUT2D eigenvalue weighted by atomic mass is 9.97. The zero-order chi connectivity index (χ0) is 20.9. The molecule has 2 N–H and O–H groups in total. The van der Waals surface area contributed by atoms with Gasteiger partial charge in [-0.05, 0) is 61.9 Å². The van der Waals surface area contributed by atoms with Gasteiger partial charge >= 0.3 is 11.1 Å². The van der Waals surface area contributed by atoms with Gasteiger partial charge in [-0.25, -0.2) is 4.98 Å². The number of hydrogen-bond donors (Lipinski definition) is 2. The van der Waals surface area contributed by atoms with E-state index in [1.807, 2.05) is 0 Å². The standard InChI is InChI=1S/C23H24N4O3/c28-21(25-14-12-16-5-2-1-3-6-16)18-10-8-17(9-11-18)15-27-20-19(7-4-13-24-20)26-22(29)23(27)30/h4-5,7-11,13H,1-3,6,12,14-15H2,(H,25,28)(H,26,29). The van der Waals surface area contributed by atoms with Crippen molar-refractivity contribution in [1.29, 1.82) is 0 Å². The molecule has 3 aromatic rings. The Morgan fingerprint density at radius 1 is 1.13 bits per heavy atom. The van der Waals surface area contributed by atoms with Crippen molar-refractivity contribution in [1.82, 2.24) is 19.9 Å². The highest BCUT2D eigenvalue weighted by molar-refractivity contribution is 5.94. The third-order valence-corrected chi connectivity index (χ3v) is 5.40. The highest BCUT2D eigenvalue weighted by Crippen LogP contribution is 2.19. The van der Waals surface area contributed by atoms with Gasteiger partial charge in [-0.2, -0.15) is 0 Å². The monoisotopic (exact) mass is 404 g/mol. The average molecular weight is 404 g/mol. The van der Waals surface area contributed by atoms with Crippen molar-refractivity contribution in [2.24, 2.45) is 0 Å². The predicted octanol–water partition coefficient (Wildman–Crippen LogP) is 2.75. The molecule has 0 fully saturated rings. The molecule has 2 heterocycles. The number of H-pyrrole nitrogens is 1. The minimum Gasteiger partial charge on any atom is -0.352 e. The number of hydrogen-bond acceptors (Lipinski definition) is 4. The number of fused-ring (bicyclic) bond motifs is 1. The fourth-order valence-electron chi connectivity index (χ4n) is 3.77. The number of carbonyl (C=O) groups is 1. The Labute approximate surface area is 173 Å². The van der Waals surface area contributed by atoms with E-state index in [4.69, 9.17) is 0 Å². The van der Waals surface area contributed by atoms with Crippen molar-refractivity contribution in [2.75, 3.05) is 6.54 Å². The Kier molecular flexibility index (Phi) is 5.88. The van der Waals surface area contributed by atoms with Gasteiger partial charge in [0, 0.05) is 18.3 Å². The van der Waals surface area contributed by atoms with Crippen LogP contribution in [0.1, 0.15) is 48.0 Å². The van der Waals surface area contributed by atoms with E-state index in [2.05, 4.69) is 21.4 Å². The first-order valence-corrected chi connectivity index (χ1v) is 10.2. The summed E-state index contributed by atoms with van der Waals surface area (Å²) in [5, 5.41) is 2.97. The van der Waals surface area contributed by atoms with E-state index in [-0.39, 0.29) is 12.5 Å². The largest absolute Gasteiger partial charge is 0.352 e. The van der Waals surface area contributed by atoms with Crippen molar-refractivity contribution >= 4 is 17.1 Å². The lowest BCUT2D eigenvalue weighted by Gasteiger charge is -2.13. The molecule has 0 saturated heterocycles. The van der Waals surface area contributed by atoms with Crippen LogP contribution < -0.4 is 16.4 Å². The fraction of sp³-hybridized carbons (Fsp3) is 0.304. The molecule has 0 aliphatic heterocycles. The number of nitrogens with one attached hydrogen (secondary N) is 2. The molecule has 1 aliphatic carbocycles. The number of pyridine rings is 1. The Morgan fingerprint density at radius 2 is 1.97 bits per heavy atom. The molecule has 7 heteroatoms. The quantitative estimate of drug-likeness (QED) is 0.488. The van der Waals surface area contributed by atoms with Crippen LogP contribution in [0.5, 0.6) is 0 Å². The SMILES string of the molecule is O=C(NCCC1=CCCCC1)c1ccc(Cn2c(=O)c(=O)[nH]c3cccnc32)cc1. The van der Waals surface area contributed by atoms with Crippen LogP contribution in [0.25, 0.3) is 11.2 Å². The smallest absolute Gasteiger partial charge is 0.318 e. The summed E-state index contributed by atoms with van der Waals surface area (Å²) < 4.78 is 1.35. The molecule has 0 spiro atoms. The summed E-state index contributed by atoms with van der Waals surface area (Å²) in [6.45, 7) is 0.832. The number of carbonyl (C=O) groups excluding carboxylic acids is 1. The highest BCUT2D eigenvalue weighted by Gasteiger charge is 2.11. The molecule has 0 radical (unpaired) electrons. The maximum Gasteiger partial charge on any atom is 0.318 e. The minimum atomic E-state index is -0.681. The van der Waals surface area contributed by atoms with E-state index in [1.165, 1.54) is 23.0 Å². The summed E-state index contributed by atoms with van der Waals surface area (Å²) in [6.07, 6.45) is 9.55. The van der Waals surface area contributed by atoms with Crippen LogP contribution in [0, 0.1) is 0 Å². The van der Waals surface area contributed by atoms with E-state index in [0.717, 1.165) is 24.8 Å². The number of rotatable bonds is 6. The maximum absolute atomic E-state index is 12.4. The van der Waals surface area contributed by atoms with E-state index in [0.29, 0.717) is 23.3 Å². The topological polar surface area (TPSA) is 96.9 Å². The zero-order valence-corrected chi connectivity index (χ0v) is 16.7. The molecule has 1 aliphatic rings. The normalized spacial score (nSPS) is 13.8. The Morgan fingerprint density at radius 3 is 2.73 bits per heavy atom. The molecule has 0 unspecified atom stereocenters. The minimum absolute atomic E-state index is 0.113. The van der Waals surface area contributed by atoms with Crippen molar-refractivity contribution in [2.45, 2.75) is 38.6 Å². The molecule has 1 amide bonds. The van der Waals surface area contributed by atoms with Gasteiger partial charge in [0.05, 0.1) is 12.1 Å². The van der Waals surface area contributed by atoms with E-state index >= 15 is 0 Å². The number of allylic oxidation sites excluding steroid dienone is 1. The maximum atomic E-state index is 12.4. The summed E-state index contributed by atoms with van der Waals surface area (Å²) in [5.41, 5.74) is 2.39. The first kappa shape index (κ1) is 19.8. The van der Waals surface area contributed by atoms with Crippen LogP contribution in [-0.2, 0) is 6.54 Å². The second kappa shape index (κ2) is 8.90. The van der Waals surface area contributed by atoms with Crippen LogP contribution in [0.2, 0.25) is 0 Å². The van der Waals surface area contributed by atoms with Gasteiger partial charge in [0.15, 0.2) is 5.65 Å². The summed E-state index contributed by atoms with van der Waals surface area (Å²) in [5.74, 6) is -0.113. The number of aromatic nitrogens is 3. The first-order valence-electron chi connectivity index (χ1n) is 10.2. The summed E-state index contributed by atoms with van der Waals surface area (Å²) in [4.78, 5) is 43.4. The molecule has 0 bridgehead atoms. The van der Waals surface area contributed by atoms with Gasteiger partial charge in [-0.3, -0.25) is 19.0 Å². The number of nitrogens with zero attached hydrogens (tertiary/aromatic N) is 2. The van der Waals surface area contributed by atoms with E-state index < -0.39 is 11.1 Å². The molecule has 4 rings (SSSR count). The van der Waals surface area contributed by atoms with E-state index in [1.54, 1.807) is 42.6 Å². The number of aromatic amines is 1. The van der Waals surface area contributed by atoms with Crippen LogP contribution in [0.3, 0.4) is 0 Å². The Balaban J connectivity index is 1.44. The Hall–Kier alpha value is -3.48. The lowest BCUT2D eigenvalue weighted by molar-refractivity contribution is 0.0954.